The van der Waals surface area contributed by atoms with Gasteiger partial charge in [-0.2, -0.15) is 0 Å². The average Bonchev–Trinajstić information content (AvgIpc) is 3.05. The molecule has 0 aliphatic heterocycles. The Morgan fingerprint density at radius 3 is 1.76 bits per heavy atom. The van der Waals surface area contributed by atoms with Crippen molar-refractivity contribution in [3.63, 3.8) is 0 Å². The second kappa shape index (κ2) is 16.0. The van der Waals surface area contributed by atoms with Crippen molar-refractivity contribution in [2.75, 3.05) is 32.8 Å². The molecule has 0 unspecified atom stereocenters. The van der Waals surface area contributed by atoms with E-state index in [0.29, 0.717) is 0 Å². The standard InChI is InChI=1S/C30H27N3O13/c1-43-26-11-9-18(14-22(26)32(39)40)24(34)16-45-29(37)8-4-7-28(36)31-21-6-3-5-20(13-21)30(38)46-17-25(35)19-10-12-27(44-2)23(15-19)33(41)42/h3,5-6,9-15H,4,7-8,16-17H2,1-2H3,(H,31,36). The highest BCUT2D eigenvalue weighted by atomic mass is 16.6. The highest BCUT2D eigenvalue weighted by molar-refractivity contribution is 6.01. The molecular weight excluding hydrogens is 610 g/mol. The number of carbonyl (C=O) groups excluding carboxylic acids is 5. The Morgan fingerprint density at radius 1 is 0.696 bits per heavy atom. The molecule has 0 atom stereocenters. The number of esters is 2. The van der Waals surface area contributed by atoms with E-state index in [9.17, 15) is 44.2 Å². The molecule has 46 heavy (non-hydrogen) atoms. The zero-order valence-corrected chi connectivity index (χ0v) is 24.5. The number of carbonyl (C=O) groups is 5. The van der Waals surface area contributed by atoms with Gasteiger partial charge in [-0.15, -0.1) is 0 Å². The van der Waals surface area contributed by atoms with Gasteiger partial charge in [-0.25, -0.2) is 4.79 Å². The SMILES string of the molecule is COc1ccc(C(=O)COC(=O)CCCC(=O)Nc2cccc(C(=O)OCC(=O)c3ccc(OC)c([N+](=O)[O-])c3)c2)cc1[N+](=O)[O-]. The van der Waals surface area contributed by atoms with Crippen molar-refractivity contribution in [3.05, 3.63) is 97.6 Å². The minimum Gasteiger partial charge on any atom is -0.490 e. The summed E-state index contributed by atoms with van der Waals surface area (Å²) < 4.78 is 19.7. The molecule has 0 fully saturated rings. The number of Topliss-reactive ketones (excluding diaryl/α,β-unsaturated/α-hetero) is 2. The maximum atomic E-state index is 12.5. The van der Waals surface area contributed by atoms with Gasteiger partial charge in [0.2, 0.25) is 17.5 Å². The molecule has 0 saturated heterocycles. The number of amides is 1. The lowest BCUT2D eigenvalue weighted by Gasteiger charge is -2.09. The summed E-state index contributed by atoms with van der Waals surface area (Å²) in [6.45, 7) is -1.34. The third kappa shape index (κ3) is 9.40. The Balaban J connectivity index is 1.44. The number of rotatable bonds is 16. The number of nitrogens with one attached hydrogen (secondary N) is 1. The maximum Gasteiger partial charge on any atom is 0.338 e. The highest BCUT2D eigenvalue weighted by Gasteiger charge is 2.21. The topological polar surface area (TPSA) is 221 Å². The van der Waals surface area contributed by atoms with Crippen LogP contribution in [-0.4, -0.2) is 66.7 Å². The van der Waals surface area contributed by atoms with E-state index in [1.807, 2.05) is 0 Å². The van der Waals surface area contributed by atoms with Crippen molar-refractivity contribution in [1.82, 2.24) is 0 Å². The van der Waals surface area contributed by atoms with Gasteiger partial charge < -0.3 is 24.3 Å². The first-order chi connectivity index (χ1) is 21.9. The van der Waals surface area contributed by atoms with E-state index in [1.54, 1.807) is 0 Å². The summed E-state index contributed by atoms with van der Waals surface area (Å²) in [5.74, 6) is -3.54. The Kier molecular flexibility index (Phi) is 12.0. The van der Waals surface area contributed by atoms with Crippen LogP contribution in [0, 0.1) is 20.2 Å². The van der Waals surface area contributed by atoms with E-state index in [2.05, 4.69) is 5.32 Å². The molecule has 3 aromatic carbocycles. The molecule has 16 nitrogen and oxygen atoms in total. The van der Waals surface area contributed by atoms with E-state index in [4.69, 9.17) is 18.9 Å². The largest absolute Gasteiger partial charge is 0.490 e. The summed E-state index contributed by atoms with van der Waals surface area (Å²) in [5, 5.41) is 24.9. The van der Waals surface area contributed by atoms with E-state index in [1.165, 1.54) is 62.8 Å². The van der Waals surface area contributed by atoms with Gasteiger partial charge in [-0.1, -0.05) is 6.07 Å². The number of anilines is 1. The van der Waals surface area contributed by atoms with E-state index in [0.717, 1.165) is 12.1 Å². The van der Waals surface area contributed by atoms with Gasteiger partial charge in [0, 0.05) is 41.8 Å². The molecule has 0 aromatic heterocycles. The number of ether oxygens (including phenoxy) is 4. The Bertz CT molecular complexity index is 1690. The second-order valence-electron chi connectivity index (χ2n) is 9.35. The summed E-state index contributed by atoms with van der Waals surface area (Å²) in [7, 11) is 2.49. The van der Waals surface area contributed by atoms with Crippen LogP contribution in [0.4, 0.5) is 17.1 Å². The summed E-state index contributed by atoms with van der Waals surface area (Å²) in [6, 6.07) is 12.8. The van der Waals surface area contributed by atoms with Gasteiger partial charge in [-0.05, 0) is 48.9 Å². The fourth-order valence-electron chi connectivity index (χ4n) is 3.95. The second-order valence-corrected chi connectivity index (χ2v) is 9.35. The predicted octanol–water partition coefficient (Wildman–Crippen LogP) is 4.09. The van der Waals surface area contributed by atoms with Gasteiger partial charge in [0.25, 0.3) is 0 Å². The van der Waals surface area contributed by atoms with Crippen molar-refractivity contribution in [2.24, 2.45) is 0 Å². The molecule has 0 heterocycles. The number of nitro benzene ring substituents is 2. The van der Waals surface area contributed by atoms with Crippen LogP contribution in [0.1, 0.15) is 50.3 Å². The first-order valence-electron chi connectivity index (χ1n) is 13.4. The fourth-order valence-corrected chi connectivity index (χ4v) is 3.95. The number of ketones is 2. The molecule has 3 aromatic rings. The molecule has 0 radical (unpaired) electrons. The van der Waals surface area contributed by atoms with Crippen LogP contribution >= 0.6 is 0 Å². The first kappa shape index (κ1) is 34.3. The van der Waals surface area contributed by atoms with Crippen LogP contribution in [0.15, 0.2) is 60.7 Å². The zero-order valence-electron chi connectivity index (χ0n) is 24.5. The first-order valence-corrected chi connectivity index (χ1v) is 13.4. The number of methoxy groups -OCH3 is 2. The summed E-state index contributed by atoms with van der Waals surface area (Å²) >= 11 is 0. The number of nitrogens with zero attached hydrogens (tertiary/aromatic N) is 2. The van der Waals surface area contributed by atoms with Gasteiger partial charge in [-0.3, -0.25) is 39.4 Å². The van der Waals surface area contributed by atoms with Gasteiger partial charge >= 0.3 is 23.3 Å². The molecular formula is C30H27N3O13. The van der Waals surface area contributed by atoms with Gasteiger partial charge in [0.1, 0.15) is 0 Å². The van der Waals surface area contributed by atoms with Crippen LogP contribution in [0.25, 0.3) is 0 Å². The van der Waals surface area contributed by atoms with Gasteiger partial charge in [0.15, 0.2) is 24.7 Å². The minimum atomic E-state index is -0.881. The van der Waals surface area contributed by atoms with Crippen molar-refractivity contribution < 1.29 is 52.8 Å². The van der Waals surface area contributed by atoms with Crippen LogP contribution < -0.4 is 14.8 Å². The van der Waals surface area contributed by atoms with E-state index < -0.39 is 63.8 Å². The van der Waals surface area contributed by atoms with E-state index >= 15 is 0 Å². The number of hydrogen-bond acceptors (Lipinski definition) is 13. The molecule has 240 valence electrons. The van der Waals surface area contributed by atoms with E-state index in [-0.39, 0.29) is 53.1 Å². The molecule has 16 heteroatoms. The average molecular weight is 638 g/mol. The van der Waals surface area contributed by atoms with Gasteiger partial charge in [0.05, 0.1) is 29.6 Å². The number of benzene rings is 3. The summed E-state index contributed by atoms with van der Waals surface area (Å²) in [4.78, 5) is 82.5. The third-order valence-electron chi connectivity index (χ3n) is 6.26. The Morgan fingerprint density at radius 2 is 1.24 bits per heavy atom. The monoisotopic (exact) mass is 637 g/mol. The molecule has 0 aliphatic rings. The number of hydrogen-bond donors (Lipinski definition) is 1. The number of nitro groups is 2. The molecule has 0 bridgehead atoms. The van der Waals surface area contributed by atoms with Crippen molar-refractivity contribution in [2.45, 2.75) is 19.3 Å². The highest BCUT2D eigenvalue weighted by Crippen LogP contribution is 2.28. The van der Waals surface area contributed by atoms with Crippen LogP contribution in [0.5, 0.6) is 11.5 Å². The predicted molar refractivity (Wildman–Crippen MR) is 158 cm³/mol. The Labute approximate surface area is 260 Å². The van der Waals surface area contributed by atoms with Crippen molar-refractivity contribution in [3.8, 4) is 11.5 Å². The van der Waals surface area contributed by atoms with Crippen LogP contribution in [0.2, 0.25) is 0 Å². The fraction of sp³-hybridized carbons (Fsp3) is 0.233. The molecule has 1 N–H and O–H groups in total. The normalized spacial score (nSPS) is 10.3. The summed E-state index contributed by atoms with van der Waals surface area (Å²) in [5.41, 5.74) is -0.681. The zero-order chi connectivity index (χ0) is 33.8. The lowest BCUT2D eigenvalue weighted by molar-refractivity contribution is -0.385. The lowest BCUT2D eigenvalue weighted by atomic mass is 10.1. The third-order valence-corrected chi connectivity index (χ3v) is 6.26. The van der Waals surface area contributed by atoms with Crippen molar-refractivity contribution >= 4 is 46.5 Å². The molecule has 0 spiro atoms. The Hall–Kier alpha value is -6.19. The van der Waals surface area contributed by atoms with Crippen LogP contribution in [-0.2, 0) is 19.1 Å². The summed E-state index contributed by atoms with van der Waals surface area (Å²) in [6.07, 6.45) is -0.230. The lowest BCUT2D eigenvalue weighted by Crippen LogP contribution is -2.16. The molecule has 0 saturated carbocycles. The minimum absolute atomic E-state index is 0.0155. The maximum absolute atomic E-state index is 12.5. The molecule has 1 amide bonds. The molecule has 3 rings (SSSR count). The quantitative estimate of drug-likeness (QED) is 0.101. The van der Waals surface area contributed by atoms with Crippen molar-refractivity contribution in [1.29, 1.82) is 0 Å². The smallest absolute Gasteiger partial charge is 0.338 e. The molecule has 0 aliphatic carbocycles. The van der Waals surface area contributed by atoms with Crippen LogP contribution in [0.3, 0.4) is 0 Å².